The number of thiophene rings is 1. The number of nitrogens with zero attached hydrogens (tertiary/aromatic N) is 3. The average Bonchev–Trinajstić information content (AvgIpc) is 3.56. The molecule has 248 valence electrons. The fourth-order valence-electron chi connectivity index (χ4n) is 4.29. The summed E-state index contributed by atoms with van der Waals surface area (Å²) >= 11 is 1.81. The van der Waals surface area contributed by atoms with E-state index in [1.165, 1.54) is 56.4 Å². The molecule has 0 aliphatic carbocycles. The van der Waals surface area contributed by atoms with Crippen molar-refractivity contribution >= 4 is 29.2 Å². The molecule has 0 atom stereocenters. The van der Waals surface area contributed by atoms with Gasteiger partial charge in [0.15, 0.2) is 0 Å². The van der Waals surface area contributed by atoms with E-state index in [0.717, 1.165) is 13.1 Å². The Bertz CT molecular complexity index is 1110. The fraction of sp³-hybridized carbons (Fsp3) is 0.520. The number of aliphatic carboxylic acids is 3. The Balaban J connectivity index is 0.000000379. The molecular formula is C25H28F9N3O6S. The molecule has 3 N–H and O–H groups in total. The number of rotatable bonds is 4. The third-order valence-corrected chi connectivity index (χ3v) is 7.07. The number of piperidine rings is 1. The van der Waals surface area contributed by atoms with Crippen molar-refractivity contribution in [1.82, 2.24) is 14.8 Å². The topological polar surface area (TPSA) is 131 Å². The first-order valence-corrected chi connectivity index (χ1v) is 13.4. The van der Waals surface area contributed by atoms with Crippen LogP contribution < -0.4 is 0 Å². The standard InChI is InChI=1S/C19H25N3S.3C2HF3O2/c1-3-17(13-20-8-1)15-22-9-2-5-19(22)6-10-21(11-7-19)14-18-4-12-23-16-18;3*3-2(4,5)1(6)7/h1,3-4,8,12-13,16H,2,5-7,9-11,14-15H2;3*(H,6,7). The Hall–Kier alpha value is -3.45. The average molecular weight is 670 g/mol. The lowest BCUT2D eigenvalue weighted by molar-refractivity contribution is -0.193. The predicted molar refractivity (Wildman–Crippen MR) is 137 cm³/mol. The minimum absolute atomic E-state index is 0.445. The number of hydrogen-bond donors (Lipinski definition) is 3. The summed E-state index contributed by atoms with van der Waals surface area (Å²) in [6, 6.07) is 6.53. The first-order valence-electron chi connectivity index (χ1n) is 12.4. The maximum absolute atomic E-state index is 10.6. The van der Waals surface area contributed by atoms with Crippen LogP contribution in [0.25, 0.3) is 0 Å². The van der Waals surface area contributed by atoms with Crippen LogP contribution in [0.15, 0.2) is 41.4 Å². The van der Waals surface area contributed by atoms with E-state index >= 15 is 0 Å². The number of hydrogen-bond acceptors (Lipinski definition) is 7. The monoisotopic (exact) mass is 669 g/mol. The molecule has 0 amide bonds. The van der Waals surface area contributed by atoms with Gasteiger partial charge in [-0.15, -0.1) is 0 Å². The zero-order valence-electron chi connectivity index (χ0n) is 22.6. The summed E-state index contributed by atoms with van der Waals surface area (Å²) in [4.78, 5) is 36.3. The van der Waals surface area contributed by atoms with Crippen LogP contribution in [0.5, 0.6) is 0 Å². The Morgan fingerprint density at radius 2 is 1.27 bits per heavy atom. The quantitative estimate of drug-likeness (QED) is 0.353. The second kappa shape index (κ2) is 16.6. The van der Waals surface area contributed by atoms with Gasteiger partial charge in [-0.25, -0.2) is 14.4 Å². The third-order valence-electron chi connectivity index (χ3n) is 6.34. The van der Waals surface area contributed by atoms with Gasteiger partial charge < -0.3 is 15.3 Å². The molecule has 2 aromatic rings. The maximum atomic E-state index is 10.6. The second-order valence-electron chi connectivity index (χ2n) is 9.43. The Morgan fingerprint density at radius 1 is 0.773 bits per heavy atom. The Kier molecular flexibility index (Phi) is 14.5. The van der Waals surface area contributed by atoms with Gasteiger partial charge in [0.05, 0.1) is 0 Å². The van der Waals surface area contributed by atoms with Gasteiger partial charge in [-0.2, -0.15) is 50.9 Å². The third kappa shape index (κ3) is 13.9. The number of likely N-dealkylation sites (tertiary alicyclic amines) is 2. The van der Waals surface area contributed by atoms with E-state index in [0.29, 0.717) is 5.54 Å². The molecule has 9 nitrogen and oxygen atoms in total. The highest BCUT2D eigenvalue weighted by Gasteiger charge is 2.43. The van der Waals surface area contributed by atoms with E-state index in [9.17, 15) is 39.5 Å². The van der Waals surface area contributed by atoms with Gasteiger partial charge in [0.25, 0.3) is 0 Å². The normalized spacial score (nSPS) is 16.8. The number of pyridine rings is 1. The lowest BCUT2D eigenvalue weighted by Crippen LogP contribution is -2.51. The predicted octanol–water partition coefficient (Wildman–Crippen LogP) is 5.67. The lowest BCUT2D eigenvalue weighted by Gasteiger charge is -2.45. The second-order valence-corrected chi connectivity index (χ2v) is 10.2. The summed E-state index contributed by atoms with van der Waals surface area (Å²) < 4.78 is 95.2. The molecule has 2 aliphatic heterocycles. The summed E-state index contributed by atoms with van der Waals surface area (Å²) in [5.41, 5.74) is 3.28. The van der Waals surface area contributed by atoms with E-state index < -0.39 is 36.4 Å². The van der Waals surface area contributed by atoms with Gasteiger partial charge in [0.2, 0.25) is 0 Å². The molecule has 44 heavy (non-hydrogen) atoms. The van der Waals surface area contributed by atoms with Gasteiger partial charge in [0, 0.05) is 44.1 Å². The van der Waals surface area contributed by atoms with Crippen molar-refractivity contribution in [3.63, 3.8) is 0 Å². The van der Waals surface area contributed by atoms with Crippen molar-refractivity contribution in [2.75, 3.05) is 19.6 Å². The molecule has 0 unspecified atom stereocenters. The molecule has 0 aromatic carbocycles. The highest BCUT2D eigenvalue weighted by atomic mass is 32.1. The summed E-state index contributed by atoms with van der Waals surface area (Å²) in [6.07, 6.45) is -6.00. The van der Waals surface area contributed by atoms with Crippen LogP contribution in [0.2, 0.25) is 0 Å². The highest BCUT2D eigenvalue weighted by Crippen LogP contribution is 2.39. The van der Waals surface area contributed by atoms with Crippen molar-refractivity contribution in [3.05, 3.63) is 52.5 Å². The molecule has 0 saturated carbocycles. The van der Waals surface area contributed by atoms with E-state index in [4.69, 9.17) is 29.7 Å². The highest BCUT2D eigenvalue weighted by molar-refractivity contribution is 7.07. The zero-order chi connectivity index (χ0) is 33.8. The van der Waals surface area contributed by atoms with Crippen LogP contribution in [-0.2, 0) is 27.5 Å². The summed E-state index contributed by atoms with van der Waals surface area (Å²) in [6.45, 7) is 5.92. The van der Waals surface area contributed by atoms with E-state index in [2.05, 4.69) is 43.7 Å². The molecule has 2 aliphatic rings. The molecular weight excluding hydrogens is 641 g/mol. The van der Waals surface area contributed by atoms with Crippen molar-refractivity contribution < 1.29 is 69.2 Å². The van der Waals surface area contributed by atoms with Gasteiger partial charge in [-0.05, 0) is 66.2 Å². The molecule has 4 heterocycles. The molecule has 2 aromatic heterocycles. The van der Waals surface area contributed by atoms with Crippen molar-refractivity contribution in [3.8, 4) is 0 Å². The first kappa shape index (κ1) is 38.6. The van der Waals surface area contributed by atoms with Crippen LogP contribution in [0, 0.1) is 0 Å². The van der Waals surface area contributed by atoms with Crippen molar-refractivity contribution in [1.29, 1.82) is 0 Å². The van der Waals surface area contributed by atoms with Crippen LogP contribution in [0.3, 0.4) is 0 Å². The minimum Gasteiger partial charge on any atom is -0.475 e. The Morgan fingerprint density at radius 3 is 1.66 bits per heavy atom. The molecule has 2 fully saturated rings. The summed E-state index contributed by atoms with van der Waals surface area (Å²) in [5.74, 6) is -8.27. The van der Waals surface area contributed by atoms with Crippen molar-refractivity contribution in [2.24, 2.45) is 0 Å². The van der Waals surface area contributed by atoms with Gasteiger partial charge >= 0.3 is 36.4 Å². The van der Waals surface area contributed by atoms with Crippen LogP contribution >= 0.6 is 11.3 Å². The maximum Gasteiger partial charge on any atom is 0.490 e. The molecule has 19 heteroatoms. The van der Waals surface area contributed by atoms with Gasteiger partial charge in [-0.1, -0.05) is 6.07 Å². The van der Waals surface area contributed by atoms with Crippen molar-refractivity contribution in [2.45, 2.75) is 62.8 Å². The number of carboxylic acids is 3. The lowest BCUT2D eigenvalue weighted by atomic mass is 9.84. The van der Waals surface area contributed by atoms with Crippen LogP contribution in [0.4, 0.5) is 39.5 Å². The zero-order valence-corrected chi connectivity index (χ0v) is 23.4. The number of carbonyl (C=O) groups is 3. The SMILES string of the molecule is O=C(O)C(F)(F)F.O=C(O)C(F)(F)F.O=C(O)C(F)(F)F.c1cncc(CN2CCCC23CCN(Cc2ccsc2)CC3)c1. The number of alkyl halides is 9. The molecule has 4 rings (SSSR count). The fourth-order valence-corrected chi connectivity index (χ4v) is 4.95. The number of halogens is 9. The number of aromatic nitrogens is 1. The molecule has 1 spiro atoms. The largest absolute Gasteiger partial charge is 0.490 e. The van der Waals surface area contributed by atoms with E-state index in [1.807, 2.05) is 23.7 Å². The summed E-state index contributed by atoms with van der Waals surface area (Å²) in [7, 11) is 0. The van der Waals surface area contributed by atoms with Crippen LogP contribution in [-0.4, -0.2) is 91.7 Å². The summed E-state index contributed by atoms with van der Waals surface area (Å²) in [5, 5.41) is 25.8. The van der Waals surface area contributed by atoms with Gasteiger partial charge in [0.1, 0.15) is 0 Å². The molecule has 2 saturated heterocycles. The first-order chi connectivity index (χ1) is 20.2. The van der Waals surface area contributed by atoms with E-state index in [1.54, 1.807) is 0 Å². The van der Waals surface area contributed by atoms with Crippen LogP contribution in [0.1, 0.15) is 36.8 Å². The number of carboxylic acid groups (broad SMARTS) is 3. The molecule has 0 bridgehead atoms. The smallest absolute Gasteiger partial charge is 0.475 e. The molecule has 0 radical (unpaired) electrons. The Labute approximate surface area is 248 Å². The van der Waals surface area contributed by atoms with E-state index in [-0.39, 0.29) is 0 Å². The minimum atomic E-state index is -5.08. The van der Waals surface area contributed by atoms with Gasteiger partial charge in [-0.3, -0.25) is 14.8 Å².